The van der Waals surface area contributed by atoms with Crippen molar-refractivity contribution in [1.29, 1.82) is 0 Å². The van der Waals surface area contributed by atoms with Gasteiger partial charge in [-0.25, -0.2) is 0 Å². The highest BCUT2D eigenvalue weighted by molar-refractivity contribution is 9.09. The molecule has 6 atom stereocenters. The van der Waals surface area contributed by atoms with E-state index >= 15 is 0 Å². The summed E-state index contributed by atoms with van der Waals surface area (Å²) in [6, 6.07) is 0. The maximum absolute atomic E-state index is 12.6. The Kier molecular flexibility index (Phi) is 3.66. The van der Waals surface area contributed by atoms with Gasteiger partial charge in [0.25, 0.3) is 0 Å². The number of carbonyl (C=O) groups is 2. The largest absolute Gasteiger partial charge is 0.481 e. The molecule has 4 fully saturated rings. The number of carbonyl (C=O) groups excluding carboxylic acids is 1. The van der Waals surface area contributed by atoms with Crippen molar-refractivity contribution in [2.24, 2.45) is 34.5 Å². The zero-order valence-corrected chi connectivity index (χ0v) is 16.1. The number of hydrogen-bond acceptors (Lipinski definition) is 3. The van der Waals surface area contributed by atoms with Gasteiger partial charge >= 0.3 is 11.9 Å². The fraction of sp³-hybridized carbons (Fsp3) is 0.895. The van der Waals surface area contributed by atoms with Crippen molar-refractivity contribution >= 4 is 27.9 Å². The van der Waals surface area contributed by atoms with Gasteiger partial charge in [-0.05, 0) is 55.3 Å². The van der Waals surface area contributed by atoms with Gasteiger partial charge < -0.3 is 9.84 Å². The van der Waals surface area contributed by atoms with E-state index < -0.39 is 17.5 Å². The van der Waals surface area contributed by atoms with E-state index in [0.717, 1.165) is 31.0 Å². The van der Waals surface area contributed by atoms with Crippen LogP contribution in [0.3, 0.4) is 0 Å². The number of carboxylic acids is 1. The monoisotopic (exact) mass is 398 g/mol. The summed E-state index contributed by atoms with van der Waals surface area (Å²) < 4.78 is 6.15. The number of esters is 1. The van der Waals surface area contributed by atoms with Gasteiger partial charge in [0.15, 0.2) is 0 Å². The molecule has 0 unspecified atom stereocenters. The number of aliphatic carboxylic acids is 1. The van der Waals surface area contributed by atoms with Crippen molar-refractivity contribution in [3.05, 3.63) is 0 Å². The van der Waals surface area contributed by atoms with Crippen LogP contribution in [0.5, 0.6) is 0 Å². The quantitative estimate of drug-likeness (QED) is 0.575. The van der Waals surface area contributed by atoms with E-state index in [4.69, 9.17) is 4.74 Å². The number of halogens is 1. The van der Waals surface area contributed by atoms with Crippen LogP contribution >= 0.6 is 15.9 Å². The minimum absolute atomic E-state index is 0.0760. The van der Waals surface area contributed by atoms with Crippen molar-refractivity contribution in [1.82, 2.24) is 0 Å². The summed E-state index contributed by atoms with van der Waals surface area (Å²) in [5.41, 5.74) is 0.120. The van der Waals surface area contributed by atoms with Crippen LogP contribution in [0, 0.1) is 34.5 Å². The van der Waals surface area contributed by atoms with Crippen LogP contribution in [0.25, 0.3) is 0 Å². The van der Waals surface area contributed by atoms with Crippen LogP contribution in [0.1, 0.15) is 58.8 Å². The Morgan fingerprint density at radius 3 is 2.50 bits per heavy atom. The normalized spacial score (nSPS) is 48.5. The Labute approximate surface area is 151 Å². The molecule has 24 heavy (non-hydrogen) atoms. The third-order valence-corrected chi connectivity index (χ3v) is 9.06. The summed E-state index contributed by atoms with van der Waals surface area (Å²) in [5, 5.41) is 10.2. The molecule has 2 bridgehead atoms. The minimum atomic E-state index is -0.884. The van der Waals surface area contributed by atoms with Gasteiger partial charge in [0.2, 0.25) is 0 Å². The smallest absolute Gasteiger partial charge is 0.310 e. The molecule has 1 aliphatic heterocycles. The number of alkyl halides is 1. The topological polar surface area (TPSA) is 63.6 Å². The fourth-order valence-electron chi connectivity index (χ4n) is 6.69. The number of carboxylic acid groups (broad SMARTS) is 1. The standard InChI is InChI=1S/C19H27BrO4/c1-17(2)8-14-13(17)4-6-18(10-20)5-3-12-11(7-15(21)22)16(23)24-19(12,14)9-18/h11-14H,3-10H2,1-2H3,(H,21,22)/t11-,12+,13+,14+,18-,19+/m1/s1. The Bertz CT molecular complexity index is 588. The lowest BCUT2D eigenvalue weighted by atomic mass is 9.47. The molecular formula is C19H27BrO4. The Morgan fingerprint density at radius 1 is 1.25 bits per heavy atom. The van der Waals surface area contributed by atoms with E-state index in [1.165, 1.54) is 12.8 Å². The van der Waals surface area contributed by atoms with Gasteiger partial charge in [-0.2, -0.15) is 0 Å². The Balaban J connectivity index is 1.75. The maximum Gasteiger partial charge on any atom is 0.310 e. The third-order valence-electron chi connectivity index (χ3n) is 7.87. The van der Waals surface area contributed by atoms with Crippen LogP contribution in [0.4, 0.5) is 0 Å². The molecule has 0 aromatic heterocycles. The second kappa shape index (κ2) is 5.21. The predicted octanol–water partition coefficient (Wildman–Crippen LogP) is 4.01. The molecule has 4 aliphatic rings. The molecule has 4 nitrogen and oxygen atoms in total. The first-order valence-electron chi connectivity index (χ1n) is 9.24. The third kappa shape index (κ3) is 2.15. The summed E-state index contributed by atoms with van der Waals surface area (Å²) in [4.78, 5) is 23.9. The molecule has 3 saturated carbocycles. The van der Waals surface area contributed by atoms with Crippen molar-refractivity contribution in [3.63, 3.8) is 0 Å². The number of fused-ring (bicyclic) bond motifs is 2. The zero-order chi connectivity index (χ0) is 17.3. The summed E-state index contributed by atoms with van der Waals surface area (Å²) in [7, 11) is 0. The highest BCUT2D eigenvalue weighted by Gasteiger charge is 2.70. The van der Waals surface area contributed by atoms with Crippen LogP contribution < -0.4 is 0 Å². The molecule has 3 aliphatic carbocycles. The first-order valence-corrected chi connectivity index (χ1v) is 10.4. The van der Waals surface area contributed by atoms with Gasteiger partial charge in [-0.1, -0.05) is 29.8 Å². The van der Waals surface area contributed by atoms with Crippen molar-refractivity contribution < 1.29 is 19.4 Å². The SMILES string of the molecule is CC1(C)C[C@H]2[C@@H]1CC[C@]1(CBr)CC[C@H]3[C@@H](CC(=O)O)C(=O)O[C@@]32C1. The van der Waals surface area contributed by atoms with Gasteiger partial charge in [0.05, 0.1) is 12.3 Å². The van der Waals surface area contributed by atoms with Crippen molar-refractivity contribution in [3.8, 4) is 0 Å². The fourth-order valence-corrected chi connectivity index (χ4v) is 7.45. The number of rotatable bonds is 3. The van der Waals surface area contributed by atoms with Crippen LogP contribution in [0.2, 0.25) is 0 Å². The molecule has 1 spiro atoms. The average Bonchev–Trinajstić information content (AvgIpc) is 2.71. The highest BCUT2D eigenvalue weighted by atomic mass is 79.9. The van der Waals surface area contributed by atoms with Crippen molar-refractivity contribution in [2.75, 3.05) is 5.33 Å². The maximum atomic E-state index is 12.6. The summed E-state index contributed by atoms with van der Waals surface area (Å²) in [6.45, 7) is 4.67. The second-order valence-electron chi connectivity index (χ2n) is 9.48. The molecule has 4 rings (SSSR count). The van der Waals surface area contributed by atoms with Crippen LogP contribution in [0.15, 0.2) is 0 Å². The van der Waals surface area contributed by atoms with Gasteiger partial charge in [0, 0.05) is 17.2 Å². The Hall–Kier alpha value is -0.580. The van der Waals surface area contributed by atoms with E-state index in [1.807, 2.05) is 0 Å². The second-order valence-corrected chi connectivity index (χ2v) is 10.0. The molecule has 0 amide bonds. The van der Waals surface area contributed by atoms with Gasteiger partial charge in [0.1, 0.15) is 5.60 Å². The molecular weight excluding hydrogens is 372 g/mol. The molecule has 1 heterocycles. The minimum Gasteiger partial charge on any atom is -0.481 e. The first-order chi connectivity index (χ1) is 11.2. The molecule has 134 valence electrons. The lowest BCUT2D eigenvalue weighted by Gasteiger charge is -2.59. The highest BCUT2D eigenvalue weighted by Crippen LogP contribution is 2.69. The molecule has 5 heteroatoms. The first kappa shape index (κ1) is 16.9. The lowest BCUT2D eigenvalue weighted by molar-refractivity contribution is -0.191. The summed E-state index contributed by atoms with van der Waals surface area (Å²) in [5.74, 6) is -0.478. The van der Waals surface area contributed by atoms with E-state index in [1.54, 1.807) is 0 Å². The summed E-state index contributed by atoms with van der Waals surface area (Å²) >= 11 is 3.74. The predicted molar refractivity (Wildman–Crippen MR) is 92.7 cm³/mol. The van der Waals surface area contributed by atoms with E-state index in [-0.39, 0.29) is 23.7 Å². The van der Waals surface area contributed by atoms with Crippen molar-refractivity contribution in [2.45, 2.75) is 64.4 Å². The lowest BCUT2D eigenvalue weighted by Crippen LogP contribution is -2.59. The van der Waals surface area contributed by atoms with E-state index in [0.29, 0.717) is 17.3 Å². The van der Waals surface area contributed by atoms with Gasteiger partial charge in [-0.3, -0.25) is 9.59 Å². The number of hydrogen-bond donors (Lipinski definition) is 1. The average molecular weight is 399 g/mol. The summed E-state index contributed by atoms with van der Waals surface area (Å²) in [6.07, 6.45) is 6.36. The van der Waals surface area contributed by atoms with Gasteiger partial charge in [-0.15, -0.1) is 0 Å². The van der Waals surface area contributed by atoms with E-state index in [9.17, 15) is 14.7 Å². The Morgan fingerprint density at radius 2 is 1.92 bits per heavy atom. The molecule has 0 aromatic rings. The zero-order valence-electron chi connectivity index (χ0n) is 14.5. The number of ether oxygens (including phenoxy) is 1. The molecule has 0 radical (unpaired) electrons. The molecule has 1 N–H and O–H groups in total. The molecule has 1 saturated heterocycles. The molecule has 0 aromatic carbocycles. The van der Waals surface area contributed by atoms with E-state index in [2.05, 4.69) is 29.8 Å². The van der Waals surface area contributed by atoms with Crippen LogP contribution in [-0.2, 0) is 14.3 Å². The van der Waals surface area contributed by atoms with Crippen LogP contribution in [-0.4, -0.2) is 28.0 Å².